The topological polar surface area (TPSA) is 83.4 Å². The highest BCUT2D eigenvalue weighted by Gasteiger charge is 2.22. The molecule has 0 aromatic heterocycles. The van der Waals surface area contributed by atoms with Crippen LogP contribution in [0.15, 0.2) is 41.6 Å². The second-order valence-corrected chi connectivity index (χ2v) is 10.5. The number of ether oxygens (including phenoxy) is 4. The zero-order valence-electron chi connectivity index (χ0n) is 23.4. The SMILES string of the molecule is CCOC(=O)CCc1cc(C(N=O)c2ccc(OCC(C)C)cc2OCC(C)C)ccc1OCC(C)C. The second kappa shape index (κ2) is 15.2. The molecule has 0 N–H and O–H groups in total. The van der Waals surface area contributed by atoms with Crippen LogP contribution in [-0.4, -0.2) is 32.4 Å². The van der Waals surface area contributed by atoms with Gasteiger partial charge in [-0.15, -0.1) is 4.91 Å². The molecular weight excluding hydrogens is 470 g/mol. The van der Waals surface area contributed by atoms with Crippen molar-refractivity contribution in [2.45, 2.75) is 67.3 Å². The Morgan fingerprint density at radius 3 is 2.03 bits per heavy atom. The fourth-order valence-electron chi connectivity index (χ4n) is 3.60. The van der Waals surface area contributed by atoms with Gasteiger partial charge in [0.2, 0.25) is 0 Å². The van der Waals surface area contributed by atoms with E-state index in [9.17, 15) is 9.70 Å². The summed E-state index contributed by atoms with van der Waals surface area (Å²) in [7, 11) is 0. The summed E-state index contributed by atoms with van der Waals surface area (Å²) in [6.07, 6.45) is 0.656. The first kappa shape index (κ1) is 30.1. The third-order valence-corrected chi connectivity index (χ3v) is 5.42. The van der Waals surface area contributed by atoms with Crippen molar-refractivity contribution in [2.24, 2.45) is 22.9 Å². The molecule has 0 aliphatic carbocycles. The number of carbonyl (C=O) groups excluding carboxylic acids is 1. The second-order valence-electron chi connectivity index (χ2n) is 10.5. The summed E-state index contributed by atoms with van der Waals surface area (Å²) < 4.78 is 23.1. The molecule has 2 aromatic carbocycles. The Hall–Kier alpha value is -3.09. The predicted octanol–water partition coefficient (Wildman–Crippen LogP) is 7.14. The number of aryl methyl sites for hydroxylation is 1. The minimum atomic E-state index is -0.790. The molecule has 0 aliphatic heterocycles. The van der Waals surface area contributed by atoms with E-state index in [-0.39, 0.29) is 12.4 Å². The Labute approximate surface area is 221 Å². The highest BCUT2D eigenvalue weighted by molar-refractivity contribution is 5.69. The van der Waals surface area contributed by atoms with Crippen LogP contribution in [0.25, 0.3) is 0 Å². The van der Waals surface area contributed by atoms with Gasteiger partial charge in [0, 0.05) is 18.1 Å². The van der Waals surface area contributed by atoms with Crippen molar-refractivity contribution in [3.63, 3.8) is 0 Å². The standard InChI is InChI=1S/C30H43NO6/c1-8-34-29(32)14-10-23-15-24(9-13-27(23)36-18-21(4)5)30(31-33)26-12-11-25(35-17-20(2)3)16-28(26)37-19-22(6)7/h9,11-13,15-16,20-22,30H,8,10,14,17-19H2,1-7H3. The quantitative estimate of drug-likeness (QED) is 0.175. The van der Waals surface area contributed by atoms with Crippen LogP contribution < -0.4 is 14.2 Å². The third kappa shape index (κ3) is 10.1. The molecule has 0 amide bonds. The van der Waals surface area contributed by atoms with E-state index in [4.69, 9.17) is 18.9 Å². The Kier molecular flexibility index (Phi) is 12.4. The maximum Gasteiger partial charge on any atom is 0.306 e. The van der Waals surface area contributed by atoms with E-state index in [1.54, 1.807) is 6.92 Å². The fraction of sp³-hybridized carbons (Fsp3) is 0.567. The molecule has 0 heterocycles. The van der Waals surface area contributed by atoms with Gasteiger partial charge in [0.05, 0.1) is 26.4 Å². The average molecular weight is 514 g/mol. The average Bonchev–Trinajstić information content (AvgIpc) is 2.85. The molecule has 204 valence electrons. The van der Waals surface area contributed by atoms with Crippen molar-refractivity contribution in [2.75, 3.05) is 26.4 Å². The van der Waals surface area contributed by atoms with Gasteiger partial charge in [-0.25, -0.2) is 0 Å². The number of hydrogen-bond donors (Lipinski definition) is 0. The first-order valence-electron chi connectivity index (χ1n) is 13.3. The molecule has 0 saturated carbocycles. The smallest absolute Gasteiger partial charge is 0.306 e. The lowest BCUT2D eigenvalue weighted by molar-refractivity contribution is -0.143. The van der Waals surface area contributed by atoms with Gasteiger partial charge in [-0.2, -0.15) is 0 Å². The van der Waals surface area contributed by atoms with E-state index in [1.807, 2.05) is 36.4 Å². The minimum absolute atomic E-state index is 0.221. The van der Waals surface area contributed by atoms with Crippen LogP contribution in [0.1, 0.15) is 77.6 Å². The number of benzene rings is 2. The fourth-order valence-corrected chi connectivity index (χ4v) is 3.60. The van der Waals surface area contributed by atoms with Crippen molar-refractivity contribution in [3.8, 4) is 17.2 Å². The molecule has 7 nitrogen and oxygen atoms in total. The molecule has 0 saturated heterocycles. The molecule has 2 aromatic rings. The van der Waals surface area contributed by atoms with Crippen molar-refractivity contribution in [3.05, 3.63) is 58.0 Å². The van der Waals surface area contributed by atoms with E-state index in [2.05, 4.69) is 46.7 Å². The molecule has 0 bridgehead atoms. The van der Waals surface area contributed by atoms with Gasteiger partial charge < -0.3 is 18.9 Å². The van der Waals surface area contributed by atoms with Crippen LogP contribution in [0.5, 0.6) is 17.2 Å². The number of esters is 1. The normalized spacial score (nSPS) is 12.1. The molecule has 0 aliphatic rings. The zero-order valence-corrected chi connectivity index (χ0v) is 23.4. The van der Waals surface area contributed by atoms with Crippen LogP contribution in [-0.2, 0) is 16.0 Å². The number of rotatable bonds is 16. The molecular formula is C30H43NO6. The zero-order chi connectivity index (χ0) is 27.4. The van der Waals surface area contributed by atoms with Gasteiger partial charge in [-0.3, -0.25) is 4.79 Å². The maximum absolute atomic E-state index is 12.2. The Morgan fingerprint density at radius 1 is 0.811 bits per heavy atom. The molecule has 37 heavy (non-hydrogen) atoms. The first-order valence-corrected chi connectivity index (χ1v) is 13.3. The molecule has 2 rings (SSSR count). The van der Waals surface area contributed by atoms with Crippen molar-refractivity contribution in [1.82, 2.24) is 0 Å². The summed E-state index contributed by atoms with van der Waals surface area (Å²) >= 11 is 0. The van der Waals surface area contributed by atoms with Crippen LogP contribution in [0, 0.1) is 22.7 Å². The van der Waals surface area contributed by atoms with Gasteiger partial charge in [0.1, 0.15) is 23.3 Å². The van der Waals surface area contributed by atoms with Crippen LogP contribution in [0.2, 0.25) is 0 Å². The highest BCUT2D eigenvalue weighted by Crippen LogP contribution is 2.37. The van der Waals surface area contributed by atoms with E-state index >= 15 is 0 Å². The van der Waals surface area contributed by atoms with E-state index in [0.29, 0.717) is 79.0 Å². The Balaban J connectivity index is 2.44. The molecule has 1 unspecified atom stereocenters. The first-order chi connectivity index (χ1) is 17.6. The minimum Gasteiger partial charge on any atom is -0.493 e. The van der Waals surface area contributed by atoms with Gasteiger partial charge >= 0.3 is 5.97 Å². The Morgan fingerprint density at radius 2 is 1.43 bits per heavy atom. The summed E-state index contributed by atoms with van der Waals surface area (Å²) in [5, 5.41) is 3.49. The van der Waals surface area contributed by atoms with E-state index in [1.165, 1.54) is 0 Å². The summed E-state index contributed by atoms with van der Waals surface area (Å²) in [5.74, 6) is 2.73. The van der Waals surface area contributed by atoms with Gasteiger partial charge in [0.15, 0.2) is 0 Å². The Bertz CT molecular complexity index is 1000. The highest BCUT2D eigenvalue weighted by atomic mass is 16.5. The lowest BCUT2D eigenvalue weighted by Gasteiger charge is -2.20. The number of nitrogens with zero attached hydrogens (tertiary/aromatic N) is 1. The van der Waals surface area contributed by atoms with Crippen LogP contribution >= 0.6 is 0 Å². The molecule has 0 radical (unpaired) electrons. The van der Waals surface area contributed by atoms with E-state index < -0.39 is 6.04 Å². The lowest BCUT2D eigenvalue weighted by Crippen LogP contribution is -2.11. The van der Waals surface area contributed by atoms with Gasteiger partial charge in [-0.1, -0.05) is 52.8 Å². The number of hydrogen-bond acceptors (Lipinski definition) is 7. The predicted molar refractivity (Wildman–Crippen MR) is 146 cm³/mol. The number of nitroso groups, excluding NO2 is 1. The number of carbonyl (C=O) groups is 1. The maximum atomic E-state index is 12.2. The summed E-state index contributed by atoms with van der Waals surface area (Å²) in [5.41, 5.74) is 2.21. The van der Waals surface area contributed by atoms with Gasteiger partial charge in [0.25, 0.3) is 0 Å². The van der Waals surface area contributed by atoms with Crippen LogP contribution in [0.4, 0.5) is 0 Å². The van der Waals surface area contributed by atoms with Crippen LogP contribution in [0.3, 0.4) is 0 Å². The monoisotopic (exact) mass is 513 g/mol. The molecule has 1 atom stereocenters. The largest absolute Gasteiger partial charge is 0.493 e. The van der Waals surface area contributed by atoms with Gasteiger partial charge in [-0.05, 0) is 66.5 Å². The molecule has 0 spiro atoms. The van der Waals surface area contributed by atoms with Crippen molar-refractivity contribution >= 4 is 5.97 Å². The molecule has 0 fully saturated rings. The summed E-state index contributed by atoms with van der Waals surface area (Å²) in [4.78, 5) is 24.2. The summed E-state index contributed by atoms with van der Waals surface area (Å²) in [6.45, 7) is 16.2. The third-order valence-electron chi connectivity index (χ3n) is 5.42. The molecule has 7 heteroatoms. The van der Waals surface area contributed by atoms with E-state index in [0.717, 1.165) is 5.56 Å². The van der Waals surface area contributed by atoms with Crippen molar-refractivity contribution in [1.29, 1.82) is 0 Å². The van der Waals surface area contributed by atoms with Crippen molar-refractivity contribution < 1.29 is 23.7 Å². The summed E-state index contributed by atoms with van der Waals surface area (Å²) in [6, 6.07) is 10.3. The lowest BCUT2D eigenvalue weighted by atomic mass is 9.95.